The molecule has 5 atom stereocenters. The zero-order valence-electron chi connectivity index (χ0n) is 9.52. The Hall–Kier alpha value is -0.600. The second kappa shape index (κ2) is 4.11. The molecule has 1 saturated carbocycles. The summed E-state index contributed by atoms with van der Waals surface area (Å²) in [6.07, 6.45) is 6.36. The molecule has 2 nitrogen and oxygen atoms in total. The highest BCUT2D eigenvalue weighted by molar-refractivity contribution is 5.21. The van der Waals surface area contributed by atoms with Crippen LogP contribution in [0.15, 0.2) is 24.3 Å². The lowest BCUT2D eigenvalue weighted by molar-refractivity contribution is -0.0669. The lowest BCUT2D eigenvalue weighted by Gasteiger charge is -2.34. The average molecular weight is 208 g/mol. The van der Waals surface area contributed by atoms with Crippen molar-refractivity contribution in [2.75, 3.05) is 0 Å². The van der Waals surface area contributed by atoms with E-state index in [9.17, 15) is 5.11 Å². The summed E-state index contributed by atoms with van der Waals surface area (Å²) < 4.78 is 5.89. The molecule has 2 bridgehead atoms. The molecule has 0 radical (unpaired) electrons. The molecule has 15 heavy (non-hydrogen) atoms. The normalized spacial score (nSPS) is 38.1. The predicted molar refractivity (Wildman–Crippen MR) is 60.5 cm³/mol. The Morgan fingerprint density at radius 1 is 1.47 bits per heavy atom. The van der Waals surface area contributed by atoms with Gasteiger partial charge in [-0.1, -0.05) is 18.7 Å². The highest BCUT2D eigenvalue weighted by Gasteiger charge is 2.36. The highest BCUT2D eigenvalue weighted by atomic mass is 16.5. The van der Waals surface area contributed by atoms with Gasteiger partial charge in [-0.25, -0.2) is 0 Å². The summed E-state index contributed by atoms with van der Waals surface area (Å²) in [4.78, 5) is 0. The van der Waals surface area contributed by atoms with Crippen LogP contribution in [0.1, 0.15) is 26.7 Å². The summed E-state index contributed by atoms with van der Waals surface area (Å²) in [7, 11) is 0. The molecule has 2 rings (SSSR count). The lowest BCUT2D eigenvalue weighted by atomic mass is 9.82. The van der Waals surface area contributed by atoms with Crippen molar-refractivity contribution in [3.05, 3.63) is 24.3 Å². The highest BCUT2D eigenvalue weighted by Crippen LogP contribution is 2.41. The first-order valence-electron chi connectivity index (χ1n) is 5.77. The molecule has 0 aromatic rings. The second-order valence-corrected chi connectivity index (χ2v) is 4.91. The fraction of sp³-hybridized carbons (Fsp3) is 0.692. The Morgan fingerprint density at radius 3 is 2.87 bits per heavy atom. The third-order valence-electron chi connectivity index (χ3n) is 3.56. The molecule has 0 aromatic carbocycles. The van der Waals surface area contributed by atoms with Gasteiger partial charge in [0.1, 0.15) is 0 Å². The third kappa shape index (κ3) is 2.16. The van der Waals surface area contributed by atoms with Crippen molar-refractivity contribution >= 4 is 0 Å². The third-order valence-corrected chi connectivity index (χ3v) is 3.56. The van der Waals surface area contributed by atoms with Crippen LogP contribution in [0.4, 0.5) is 0 Å². The van der Waals surface area contributed by atoms with Crippen molar-refractivity contribution in [1.82, 2.24) is 0 Å². The topological polar surface area (TPSA) is 29.5 Å². The minimum Gasteiger partial charge on any atom is -0.391 e. The molecule has 0 aromatic heterocycles. The molecule has 0 unspecified atom stereocenters. The van der Waals surface area contributed by atoms with E-state index >= 15 is 0 Å². The molecule has 2 aliphatic rings. The number of hydrogen-bond acceptors (Lipinski definition) is 2. The van der Waals surface area contributed by atoms with Crippen LogP contribution >= 0.6 is 0 Å². The first-order chi connectivity index (χ1) is 7.08. The number of allylic oxidation sites excluding steroid dienone is 1. The maximum atomic E-state index is 9.43. The van der Waals surface area contributed by atoms with Crippen LogP contribution in [0.25, 0.3) is 0 Å². The average Bonchev–Trinajstić information content (AvgIpc) is 2.56. The number of rotatable bonds is 3. The Morgan fingerprint density at radius 2 is 2.20 bits per heavy atom. The van der Waals surface area contributed by atoms with Crippen LogP contribution in [-0.4, -0.2) is 23.4 Å². The van der Waals surface area contributed by atoms with E-state index < -0.39 is 6.10 Å². The maximum absolute atomic E-state index is 9.43. The molecule has 1 N–H and O–H groups in total. The van der Waals surface area contributed by atoms with Gasteiger partial charge in [0, 0.05) is 5.92 Å². The first kappa shape index (κ1) is 10.9. The van der Waals surface area contributed by atoms with Gasteiger partial charge in [0.15, 0.2) is 0 Å². The SMILES string of the molecule is C=C1C[C@H]2C=C[C@H](C2)[C@H]1O[C@H](C)[C@H](C)O. The predicted octanol–water partition coefficient (Wildman–Crippen LogP) is 2.29. The largest absolute Gasteiger partial charge is 0.391 e. The minimum absolute atomic E-state index is 0.114. The summed E-state index contributed by atoms with van der Waals surface area (Å²) in [6, 6.07) is 0. The Balaban J connectivity index is 2.01. The quantitative estimate of drug-likeness (QED) is 0.721. The summed E-state index contributed by atoms with van der Waals surface area (Å²) in [5, 5.41) is 9.43. The zero-order valence-corrected chi connectivity index (χ0v) is 9.52. The standard InChI is InChI=1S/C13H20O2/c1-8-6-11-4-5-12(7-11)13(8)15-10(3)9(2)14/h4-5,9-14H,1,6-7H2,2-3H3/t9-,10+,11+,12+,13-/m0/s1. The number of aliphatic hydroxyl groups excluding tert-OH is 1. The van der Waals surface area contributed by atoms with Crippen LogP contribution in [0, 0.1) is 11.8 Å². The second-order valence-electron chi connectivity index (χ2n) is 4.91. The number of ether oxygens (including phenoxy) is 1. The molecule has 1 fully saturated rings. The molecule has 0 amide bonds. The van der Waals surface area contributed by atoms with Gasteiger partial charge in [-0.05, 0) is 38.2 Å². The van der Waals surface area contributed by atoms with Gasteiger partial charge in [0.05, 0.1) is 18.3 Å². The van der Waals surface area contributed by atoms with Crippen LogP contribution < -0.4 is 0 Å². The molecule has 84 valence electrons. The molecule has 2 aliphatic carbocycles. The number of hydrogen-bond donors (Lipinski definition) is 1. The Labute approximate surface area is 91.6 Å². The van der Waals surface area contributed by atoms with Crippen molar-refractivity contribution in [3.63, 3.8) is 0 Å². The molecule has 0 aliphatic heterocycles. The summed E-state index contributed by atoms with van der Waals surface area (Å²) in [5.41, 5.74) is 1.19. The van der Waals surface area contributed by atoms with Crippen molar-refractivity contribution in [3.8, 4) is 0 Å². The van der Waals surface area contributed by atoms with Crippen LogP contribution in [0.3, 0.4) is 0 Å². The molecule has 0 spiro atoms. The molecular weight excluding hydrogens is 188 g/mol. The van der Waals surface area contributed by atoms with Gasteiger partial charge in [0.2, 0.25) is 0 Å². The molecule has 0 heterocycles. The van der Waals surface area contributed by atoms with Crippen molar-refractivity contribution < 1.29 is 9.84 Å². The van der Waals surface area contributed by atoms with E-state index in [0.29, 0.717) is 11.8 Å². The van der Waals surface area contributed by atoms with Gasteiger partial charge >= 0.3 is 0 Å². The number of aliphatic hydroxyl groups is 1. The summed E-state index contributed by atoms with van der Waals surface area (Å²) >= 11 is 0. The van der Waals surface area contributed by atoms with Gasteiger partial charge in [-0.15, -0.1) is 0 Å². The lowest BCUT2D eigenvalue weighted by Crippen LogP contribution is -2.35. The van der Waals surface area contributed by atoms with E-state index in [2.05, 4.69) is 18.7 Å². The van der Waals surface area contributed by atoms with Gasteiger partial charge in [-0.3, -0.25) is 0 Å². The van der Waals surface area contributed by atoms with E-state index in [1.54, 1.807) is 6.92 Å². The van der Waals surface area contributed by atoms with Crippen LogP contribution in [-0.2, 0) is 4.74 Å². The molecular formula is C13H20O2. The van der Waals surface area contributed by atoms with E-state index in [0.717, 1.165) is 6.42 Å². The molecule has 2 heteroatoms. The van der Waals surface area contributed by atoms with Crippen LogP contribution in [0.5, 0.6) is 0 Å². The van der Waals surface area contributed by atoms with Gasteiger partial charge < -0.3 is 9.84 Å². The van der Waals surface area contributed by atoms with Gasteiger partial charge in [0.25, 0.3) is 0 Å². The minimum atomic E-state index is -0.416. The van der Waals surface area contributed by atoms with Gasteiger partial charge in [-0.2, -0.15) is 0 Å². The van der Waals surface area contributed by atoms with Crippen LogP contribution in [0.2, 0.25) is 0 Å². The zero-order chi connectivity index (χ0) is 11.0. The van der Waals surface area contributed by atoms with Crippen molar-refractivity contribution in [2.45, 2.75) is 45.0 Å². The summed E-state index contributed by atoms with van der Waals surface area (Å²) in [5.74, 6) is 1.17. The summed E-state index contributed by atoms with van der Waals surface area (Å²) in [6.45, 7) is 7.79. The fourth-order valence-corrected chi connectivity index (χ4v) is 2.48. The van der Waals surface area contributed by atoms with E-state index in [1.165, 1.54) is 12.0 Å². The van der Waals surface area contributed by atoms with Crippen molar-refractivity contribution in [1.29, 1.82) is 0 Å². The van der Waals surface area contributed by atoms with E-state index in [4.69, 9.17) is 4.74 Å². The monoisotopic (exact) mass is 208 g/mol. The maximum Gasteiger partial charge on any atom is 0.0850 e. The Bertz CT molecular complexity index is 280. The number of fused-ring (bicyclic) bond motifs is 2. The van der Waals surface area contributed by atoms with Crippen molar-refractivity contribution in [2.24, 2.45) is 11.8 Å². The van der Waals surface area contributed by atoms with E-state index in [-0.39, 0.29) is 12.2 Å². The first-order valence-corrected chi connectivity index (χ1v) is 5.77. The molecule has 0 saturated heterocycles. The smallest absolute Gasteiger partial charge is 0.0850 e. The van der Waals surface area contributed by atoms with E-state index in [1.807, 2.05) is 6.92 Å². The fourth-order valence-electron chi connectivity index (χ4n) is 2.48. The Kier molecular flexibility index (Phi) is 2.98.